The first-order valence-electron chi connectivity index (χ1n) is 32.3. The molecule has 2 unspecified atom stereocenters. The van der Waals surface area contributed by atoms with Gasteiger partial charge in [0.25, 0.3) is 7.82 Å². The second kappa shape index (κ2) is 58.8. The number of phosphoric acid groups is 1. The van der Waals surface area contributed by atoms with E-state index in [0.29, 0.717) is 17.4 Å². The number of phosphoric ester groups is 1. The van der Waals surface area contributed by atoms with Gasteiger partial charge in [-0.15, -0.1) is 0 Å². The molecule has 0 spiro atoms. The van der Waals surface area contributed by atoms with E-state index in [1.165, 1.54) is 173 Å². The van der Waals surface area contributed by atoms with Crippen molar-refractivity contribution in [2.45, 2.75) is 290 Å². The van der Waals surface area contributed by atoms with E-state index >= 15 is 0 Å². The Bertz CT molecular complexity index is 1590. The summed E-state index contributed by atoms with van der Waals surface area (Å²) in [5, 5.41) is 0. The zero-order valence-electron chi connectivity index (χ0n) is 51.3. The lowest BCUT2D eigenvalue weighted by Gasteiger charge is -2.28. The standard InChI is InChI=1S/C68H122NO8P/c1-6-8-10-12-14-16-18-20-22-24-26-28-30-32-34-36-38-40-42-44-46-48-50-52-54-56-58-60-67(70)74-64-66(65-76-78(72,73)75-63-62-69(3,4)5)77-68(71)61-59-57-55-53-51-49-47-45-43-41-39-37-35-33-31-29-27-25-23-21-19-17-15-13-11-9-7-2/h9,11,15,17-18,20-21,23-24,26-27,29-30,32,66H,6-8,10,12-14,16,19,22,25,28,31,33-65H2,1-5H3/b11-9-,17-15-,20-18-,23-21-,26-24-,29-27-,32-30-. The van der Waals surface area contributed by atoms with Crippen molar-refractivity contribution in [3.8, 4) is 0 Å². The maximum absolute atomic E-state index is 12.8. The number of unbranched alkanes of at least 4 members (excludes halogenated alkanes) is 31. The average molecular weight is 1110 g/mol. The zero-order valence-corrected chi connectivity index (χ0v) is 52.2. The van der Waals surface area contributed by atoms with E-state index in [9.17, 15) is 19.0 Å². The summed E-state index contributed by atoms with van der Waals surface area (Å²) in [6.07, 6.45) is 79.2. The average Bonchev–Trinajstić information content (AvgIpc) is 3.41. The third kappa shape index (κ3) is 62.4. The van der Waals surface area contributed by atoms with Gasteiger partial charge in [-0.05, 0) is 89.9 Å². The molecule has 0 radical (unpaired) electrons. The van der Waals surface area contributed by atoms with Crippen LogP contribution in [0, 0.1) is 0 Å². The Morgan fingerprint density at radius 1 is 0.410 bits per heavy atom. The first kappa shape index (κ1) is 75.2. The Morgan fingerprint density at radius 3 is 1.09 bits per heavy atom. The monoisotopic (exact) mass is 1110 g/mol. The molecule has 0 aliphatic heterocycles. The van der Waals surface area contributed by atoms with Crippen molar-refractivity contribution in [1.82, 2.24) is 0 Å². The number of allylic oxidation sites excluding steroid dienone is 14. The van der Waals surface area contributed by atoms with Gasteiger partial charge in [-0.3, -0.25) is 14.2 Å². The van der Waals surface area contributed by atoms with E-state index in [2.05, 4.69) is 98.9 Å². The molecule has 10 heteroatoms. The van der Waals surface area contributed by atoms with Gasteiger partial charge >= 0.3 is 11.9 Å². The number of quaternary nitrogens is 1. The molecule has 0 bridgehead atoms. The summed E-state index contributed by atoms with van der Waals surface area (Å²) in [4.78, 5) is 38.0. The summed E-state index contributed by atoms with van der Waals surface area (Å²) >= 11 is 0. The molecular weight excluding hydrogens is 990 g/mol. The number of carbonyl (C=O) groups excluding carboxylic acids is 2. The van der Waals surface area contributed by atoms with Crippen molar-refractivity contribution in [2.75, 3.05) is 47.5 Å². The highest BCUT2D eigenvalue weighted by molar-refractivity contribution is 7.45. The third-order valence-electron chi connectivity index (χ3n) is 13.9. The molecule has 452 valence electrons. The quantitative estimate of drug-likeness (QED) is 0.0195. The molecule has 0 aliphatic rings. The molecule has 0 N–H and O–H groups in total. The predicted octanol–water partition coefficient (Wildman–Crippen LogP) is 20.0. The van der Waals surface area contributed by atoms with Crippen LogP contribution in [0.1, 0.15) is 284 Å². The van der Waals surface area contributed by atoms with Crippen LogP contribution in [0.25, 0.3) is 0 Å². The fraction of sp³-hybridized carbons (Fsp3) is 0.765. The Morgan fingerprint density at radius 2 is 0.731 bits per heavy atom. The fourth-order valence-electron chi connectivity index (χ4n) is 8.95. The smallest absolute Gasteiger partial charge is 0.306 e. The second-order valence-electron chi connectivity index (χ2n) is 22.7. The van der Waals surface area contributed by atoms with Crippen LogP contribution in [0.2, 0.25) is 0 Å². The van der Waals surface area contributed by atoms with Crippen LogP contribution in [0.15, 0.2) is 85.1 Å². The summed E-state index contributed by atoms with van der Waals surface area (Å²) in [5.41, 5.74) is 0. The maximum atomic E-state index is 12.8. The van der Waals surface area contributed by atoms with Crippen LogP contribution in [0.5, 0.6) is 0 Å². The lowest BCUT2D eigenvalue weighted by Crippen LogP contribution is -2.37. The minimum atomic E-state index is -4.64. The zero-order chi connectivity index (χ0) is 57.0. The number of rotatable bonds is 59. The normalized spacial score (nSPS) is 13.8. The van der Waals surface area contributed by atoms with Gasteiger partial charge in [0.2, 0.25) is 0 Å². The minimum absolute atomic E-state index is 0.0335. The Balaban J connectivity index is 4.10. The highest BCUT2D eigenvalue weighted by Gasteiger charge is 2.22. The van der Waals surface area contributed by atoms with Crippen LogP contribution < -0.4 is 4.89 Å². The SMILES string of the molecule is CC/C=C\C/C=C\C/C=C\C/C=C\CCCCCCCCCCCCCCCCC(=O)OC(COC(=O)CCCCCCCCCCCCCC/C=C\C/C=C\C/C=C\CCCCCCC)COP(=O)([O-])OCC[N+](C)(C)C. The fourth-order valence-corrected chi connectivity index (χ4v) is 9.68. The van der Waals surface area contributed by atoms with E-state index in [0.717, 1.165) is 77.0 Å². The van der Waals surface area contributed by atoms with Crippen LogP contribution in [-0.2, 0) is 32.7 Å². The van der Waals surface area contributed by atoms with Crippen molar-refractivity contribution >= 4 is 19.8 Å². The highest BCUT2D eigenvalue weighted by atomic mass is 31.2. The number of nitrogens with zero attached hydrogens (tertiary/aromatic N) is 1. The Labute approximate surface area is 481 Å². The lowest BCUT2D eigenvalue weighted by molar-refractivity contribution is -0.870. The minimum Gasteiger partial charge on any atom is -0.756 e. The molecule has 0 aromatic rings. The van der Waals surface area contributed by atoms with Gasteiger partial charge in [-0.2, -0.15) is 0 Å². The van der Waals surface area contributed by atoms with Gasteiger partial charge < -0.3 is 27.9 Å². The molecule has 9 nitrogen and oxygen atoms in total. The van der Waals surface area contributed by atoms with E-state index in [1.807, 2.05) is 21.1 Å². The van der Waals surface area contributed by atoms with E-state index in [1.54, 1.807) is 0 Å². The highest BCUT2D eigenvalue weighted by Crippen LogP contribution is 2.38. The number of likely N-dealkylation sites (N-methyl/N-ethyl adjacent to an activating group) is 1. The molecule has 0 rings (SSSR count). The van der Waals surface area contributed by atoms with Crippen LogP contribution in [0.4, 0.5) is 0 Å². The van der Waals surface area contributed by atoms with E-state index in [4.69, 9.17) is 18.5 Å². The van der Waals surface area contributed by atoms with Crippen molar-refractivity contribution in [2.24, 2.45) is 0 Å². The summed E-state index contributed by atoms with van der Waals surface area (Å²) in [5.74, 6) is -0.830. The number of carbonyl (C=O) groups is 2. The van der Waals surface area contributed by atoms with E-state index < -0.39 is 26.5 Å². The lowest BCUT2D eigenvalue weighted by atomic mass is 10.0. The molecule has 0 heterocycles. The number of hydrogen-bond acceptors (Lipinski definition) is 8. The van der Waals surface area contributed by atoms with Gasteiger partial charge in [0.05, 0.1) is 27.7 Å². The largest absolute Gasteiger partial charge is 0.756 e. The Kier molecular flexibility index (Phi) is 56.7. The molecule has 0 saturated carbocycles. The molecule has 0 amide bonds. The summed E-state index contributed by atoms with van der Waals surface area (Å²) < 4.78 is 34.3. The van der Waals surface area contributed by atoms with Crippen molar-refractivity contribution in [1.29, 1.82) is 0 Å². The van der Waals surface area contributed by atoms with Gasteiger partial charge in [0.1, 0.15) is 19.8 Å². The molecule has 0 aromatic heterocycles. The number of ether oxygens (including phenoxy) is 2. The third-order valence-corrected chi connectivity index (χ3v) is 14.9. The molecule has 2 atom stereocenters. The summed E-state index contributed by atoms with van der Waals surface area (Å²) in [6.45, 7) is 4.14. The predicted molar refractivity (Wildman–Crippen MR) is 332 cm³/mol. The van der Waals surface area contributed by atoms with Crippen LogP contribution >= 0.6 is 7.82 Å². The topological polar surface area (TPSA) is 111 Å². The van der Waals surface area contributed by atoms with Gasteiger partial charge in [-0.25, -0.2) is 0 Å². The van der Waals surface area contributed by atoms with E-state index in [-0.39, 0.29) is 32.0 Å². The van der Waals surface area contributed by atoms with Gasteiger partial charge in [0, 0.05) is 12.8 Å². The first-order valence-corrected chi connectivity index (χ1v) is 33.8. The molecular formula is C68H122NO8P. The molecule has 0 aliphatic carbocycles. The van der Waals surface area contributed by atoms with Gasteiger partial charge in [-0.1, -0.05) is 266 Å². The number of esters is 2. The molecule has 0 aromatic carbocycles. The van der Waals surface area contributed by atoms with Crippen molar-refractivity contribution < 1.29 is 42.1 Å². The van der Waals surface area contributed by atoms with Crippen molar-refractivity contribution in [3.05, 3.63) is 85.1 Å². The second-order valence-corrected chi connectivity index (χ2v) is 24.2. The van der Waals surface area contributed by atoms with Gasteiger partial charge in [0.15, 0.2) is 6.10 Å². The van der Waals surface area contributed by atoms with Crippen LogP contribution in [0.3, 0.4) is 0 Å². The van der Waals surface area contributed by atoms with Crippen molar-refractivity contribution in [3.63, 3.8) is 0 Å². The molecule has 0 saturated heterocycles. The summed E-state index contributed by atoms with van der Waals surface area (Å²) in [6, 6.07) is 0. The molecule has 0 fully saturated rings. The molecule has 78 heavy (non-hydrogen) atoms. The van der Waals surface area contributed by atoms with Crippen LogP contribution in [-0.4, -0.2) is 70.0 Å². The Hall–Kier alpha value is -2.81. The first-order chi connectivity index (χ1) is 38.0. The maximum Gasteiger partial charge on any atom is 0.306 e. The summed E-state index contributed by atoms with van der Waals surface area (Å²) in [7, 11) is 1.16. The number of hydrogen-bond donors (Lipinski definition) is 0.